The first kappa shape index (κ1) is 7.67. The van der Waals surface area contributed by atoms with Gasteiger partial charge in [-0.2, -0.15) is 5.21 Å². The molecule has 2 rings (SSSR count). The molecule has 1 fully saturated rings. The summed E-state index contributed by atoms with van der Waals surface area (Å²) in [5, 5.41) is 17.2. The molecule has 1 aliphatic heterocycles. The van der Waals surface area contributed by atoms with Crippen molar-refractivity contribution >= 4 is 0 Å². The second-order valence-corrected chi connectivity index (χ2v) is 3.24. The number of rotatable bonds is 2. The molecule has 0 spiro atoms. The molecule has 2 heterocycles. The molecule has 66 valence electrons. The molecule has 1 aliphatic rings. The standard InChI is InChI=1S/C7H13N5/c1-2-6(5-8-3-1)4-7-9-11-12-10-7/h6,8H,1-5H2,(H,9,10,11,12). The quantitative estimate of drug-likeness (QED) is 0.637. The third kappa shape index (κ3) is 1.79. The molecule has 0 amide bonds. The highest BCUT2D eigenvalue weighted by atomic mass is 15.5. The Hall–Kier alpha value is -0.970. The molecule has 1 unspecified atom stereocenters. The van der Waals surface area contributed by atoms with Gasteiger partial charge in [-0.1, -0.05) is 5.21 Å². The van der Waals surface area contributed by atoms with Gasteiger partial charge in [0.05, 0.1) is 0 Å². The van der Waals surface area contributed by atoms with Crippen LogP contribution in [0.15, 0.2) is 0 Å². The van der Waals surface area contributed by atoms with Gasteiger partial charge in [-0.3, -0.25) is 0 Å². The first-order valence-corrected chi connectivity index (χ1v) is 4.38. The molecule has 12 heavy (non-hydrogen) atoms. The van der Waals surface area contributed by atoms with Gasteiger partial charge in [0, 0.05) is 6.42 Å². The lowest BCUT2D eigenvalue weighted by Gasteiger charge is -2.20. The van der Waals surface area contributed by atoms with Crippen LogP contribution in [0.1, 0.15) is 18.7 Å². The van der Waals surface area contributed by atoms with Crippen molar-refractivity contribution in [1.29, 1.82) is 0 Å². The van der Waals surface area contributed by atoms with E-state index in [-0.39, 0.29) is 0 Å². The van der Waals surface area contributed by atoms with Crippen LogP contribution in [0, 0.1) is 5.92 Å². The molecular weight excluding hydrogens is 154 g/mol. The summed E-state index contributed by atoms with van der Waals surface area (Å²) >= 11 is 0. The predicted octanol–water partition coefficient (Wildman–Crippen LogP) is -0.258. The second kappa shape index (κ2) is 3.62. The smallest absolute Gasteiger partial charge is 0.174 e. The van der Waals surface area contributed by atoms with Gasteiger partial charge in [-0.05, 0) is 31.8 Å². The highest BCUT2D eigenvalue weighted by Gasteiger charge is 2.14. The number of hydrogen-bond donors (Lipinski definition) is 2. The van der Waals surface area contributed by atoms with Crippen molar-refractivity contribution < 1.29 is 0 Å². The van der Waals surface area contributed by atoms with E-state index < -0.39 is 0 Å². The van der Waals surface area contributed by atoms with E-state index in [9.17, 15) is 0 Å². The van der Waals surface area contributed by atoms with E-state index in [2.05, 4.69) is 25.9 Å². The predicted molar refractivity (Wildman–Crippen MR) is 43.5 cm³/mol. The van der Waals surface area contributed by atoms with Crippen molar-refractivity contribution in [2.75, 3.05) is 13.1 Å². The number of aromatic amines is 1. The maximum Gasteiger partial charge on any atom is 0.174 e. The number of nitrogens with zero attached hydrogens (tertiary/aromatic N) is 3. The fraction of sp³-hybridized carbons (Fsp3) is 0.857. The van der Waals surface area contributed by atoms with Crippen molar-refractivity contribution in [3.63, 3.8) is 0 Å². The van der Waals surface area contributed by atoms with Crippen molar-refractivity contribution in [1.82, 2.24) is 25.9 Å². The van der Waals surface area contributed by atoms with E-state index in [0.29, 0.717) is 5.92 Å². The van der Waals surface area contributed by atoms with Crippen molar-refractivity contribution in [2.45, 2.75) is 19.3 Å². The lowest BCUT2D eigenvalue weighted by molar-refractivity contribution is 0.371. The topological polar surface area (TPSA) is 66.5 Å². The Morgan fingerprint density at radius 3 is 3.17 bits per heavy atom. The van der Waals surface area contributed by atoms with Gasteiger partial charge in [-0.25, -0.2) is 0 Å². The van der Waals surface area contributed by atoms with Crippen LogP contribution >= 0.6 is 0 Å². The number of nitrogens with one attached hydrogen (secondary N) is 2. The normalized spacial score (nSPS) is 24.2. The third-order valence-electron chi connectivity index (χ3n) is 2.26. The summed E-state index contributed by atoms with van der Waals surface area (Å²) in [5.41, 5.74) is 0. The maximum absolute atomic E-state index is 3.94. The van der Waals surface area contributed by atoms with Crippen molar-refractivity contribution in [3.8, 4) is 0 Å². The maximum atomic E-state index is 3.94. The number of H-pyrrole nitrogens is 1. The minimum atomic E-state index is 0.691. The molecule has 1 aromatic rings. The Morgan fingerprint density at radius 2 is 2.50 bits per heavy atom. The summed E-state index contributed by atoms with van der Waals surface area (Å²) in [6.07, 6.45) is 3.49. The first-order valence-electron chi connectivity index (χ1n) is 4.38. The highest BCUT2D eigenvalue weighted by Crippen LogP contribution is 2.12. The van der Waals surface area contributed by atoms with Gasteiger partial charge < -0.3 is 5.32 Å². The van der Waals surface area contributed by atoms with Gasteiger partial charge in [0.1, 0.15) is 0 Å². The average molecular weight is 167 g/mol. The van der Waals surface area contributed by atoms with E-state index in [1.165, 1.54) is 12.8 Å². The number of piperidine rings is 1. The average Bonchev–Trinajstić information content (AvgIpc) is 2.59. The molecule has 5 heteroatoms. The van der Waals surface area contributed by atoms with Crippen LogP contribution in [-0.2, 0) is 6.42 Å². The molecule has 0 bridgehead atoms. The zero-order valence-corrected chi connectivity index (χ0v) is 6.95. The molecule has 0 saturated carbocycles. The van der Waals surface area contributed by atoms with Crippen LogP contribution in [0.5, 0.6) is 0 Å². The van der Waals surface area contributed by atoms with Gasteiger partial charge in [0.15, 0.2) is 5.82 Å². The van der Waals surface area contributed by atoms with Crippen LogP contribution in [0.25, 0.3) is 0 Å². The summed E-state index contributed by atoms with van der Waals surface area (Å²) in [6, 6.07) is 0. The number of tetrazole rings is 1. The molecule has 0 aromatic carbocycles. The fourth-order valence-corrected chi connectivity index (χ4v) is 1.63. The zero-order valence-electron chi connectivity index (χ0n) is 6.95. The summed E-state index contributed by atoms with van der Waals surface area (Å²) < 4.78 is 0. The minimum Gasteiger partial charge on any atom is -0.316 e. The lowest BCUT2D eigenvalue weighted by Crippen LogP contribution is -2.31. The lowest BCUT2D eigenvalue weighted by atomic mass is 9.96. The molecule has 0 aliphatic carbocycles. The first-order chi connectivity index (χ1) is 5.95. The fourth-order valence-electron chi connectivity index (χ4n) is 1.63. The zero-order chi connectivity index (χ0) is 8.23. The van der Waals surface area contributed by atoms with E-state index >= 15 is 0 Å². The van der Waals surface area contributed by atoms with E-state index in [0.717, 1.165) is 25.3 Å². The van der Waals surface area contributed by atoms with E-state index in [1.54, 1.807) is 0 Å². The van der Waals surface area contributed by atoms with Gasteiger partial charge in [0.25, 0.3) is 0 Å². The summed E-state index contributed by atoms with van der Waals surface area (Å²) in [4.78, 5) is 0. The van der Waals surface area contributed by atoms with Crippen LogP contribution in [-0.4, -0.2) is 33.7 Å². The Labute approximate surface area is 70.9 Å². The Kier molecular flexibility index (Phi) is 2.31. The molecule has 1 aromatic heterocycles. The molecule has 1 saturated heterocycles. The monoisotopic (exact) mass is 167 g/mol. The Morgan fingerprint density at radius 1 is 1.50 bits per heavy atom. The largest absolute Gasteiger partial charge is 0.316 e. The van der Waals surface area contributed by atoms with E-state index in [1.807, 2.05) is 0 Å². The molecule has 1 atom stereocenters. The number of hydrogen-bond acceptors (Lipinski definition) is 4. The van der Waals surface area contributed by atoms with Crippen molar-refractivity contribution in [2.24, 2.45) is 5.92 Å². The number of aromatic nitrogens is 4. The van der Waals surface area contributed by atoms with Gasteiger partial charge >= 0.3 is 0 Å². The molecule has 2 N–H and O–H groups in total. The van der Waals surface area contributed by atoms with Gasteiger partial charge in [0.2, 0.25) is 0 Å². The summed E-state index contributed by atoms with van der Waals surface area (Å²) in [6.45, 7) is 2.25. The van der Waals surface area contributed by atoms with Crippen LogP contribution in [0.4, 0.5) is 0 Å². The highest BCUT2D eigenvalue weighted by molar-refractivity contribution is 4.82. The van der Waals surface area contributed by atoms with Crippen LogP contribution < -0.4 is 5.32 Å². The molecular formula is C7H13N5. The Bertz CT molecular complexity index is 214. The van der Waals surface area contributed by atoms with E-state index in [4.69, 9.17) is 0 Å². The molecule has 0 radical (unpaired) electrons. The van der Waals surface area contributed by atoms with Gasteiger partial charge in [-0.15, -0.1) is 10.2 Å². The van der Waals surface area contributed by atoms with Crippen LogP contribution in [0.3, 0.4) is 0 Å². The second-order valence-electron chi connectivity index (χ2n) is 3.24. The SMILES string of the molecule is C1CNCC(Cc2nn[nH]n2)C1. The molecule has 5 nitrogen and oxygen atoms in total. The minimum absolute atomic E-state index is 0.691. The Balaban J connectivity index is 1.86. The van der Waals surface area contributed by atoms with Crippen molar-refractivity contribution in [3.05, 3.63) is 5.82 Å². The van der Waals surface area contributed by atoms with Crippen LogP contribution in [0.2, 0.25) is 0 Å². The summed E-state index contributed by atoms with van der Waals surface area (Å²) in [7, 11) is 0. The third-order valence-corrected chi connectivity index (χ3v) is 2.26. The summed E-state index contributed by atoms with van der Waals surface area (Å²) in [5.74, 6) is 1.53.